The zero-order valence-electron chi connectivity index (χ0n) is 13.5. The summed E-state index contributed by atoms with van der Waals surface area (Å²) >= 11 is 1.18. The first-order valence-corrected chi connectivity index (χ1v) is 8.51. The van der Waals surface area contributed by atoms with Gasteiger partial charge in [-0.25, -0.2) is 0 Å². The van der Waals surface area contributed by atoms with Crippen LogP contribution in [0.4, 0.5) is 5.69 Å². The molecule has 3 aromatic rings. The van der Waals surface area contributed by atoms with E-state index < -0.39 is 0 Å². The molecule has 0 unspecified atom stereocenters. The van der Waals surface area contributed by atoms with E-state index in [2.05, 4.69) is 5.32 Å². The van der Waals surface area contributed by atoms with Crippen molar-refractivity contribution in [2.24, 2.45) is 0 Å². The van der Waals surface area contributed by atoms with Crippen LogP contribution in [-0.4, -0.2) is 17.1 Å². The number of thiazole rings is 1. The van der Waals surface area contributed by atoms with Gasteiger partial charge < -0.3 is 10.1 Å². The number of benzene rings is 2. The summed E-state index contributed by atoms with van der Waals surface area (Å²) in [6.45, 7) is 4.50. The molecule has 0 saturated carbocycles. The second-order valence-electron chi connectivity index (χ2n) is 5.44. The number of hydrogen-bond donors (Lipinski definition) is 1. The van der Waals surface area contributed by atoms with Crippen molar-refractivity contribution in [2.45, 2.75) is 20.4 Å². The largest absolute Gasteiger partial charge is 0.484 e. The van der Waals surface area contributed by atoms with Crippen LogP contribution in [0.5, 0.6) is 5.75 Å². The van der Waals surface area contributed by atoms with E-state index in [9.17, 15) is 9.59 Å². The molecule has 1 heterocycles. The molecular weight excluding hydrogens is 324 g/mol. The number of carbonyl (C=O) groups excluding carboxylic acids is 1. The SMILES string of the molecule is CCn1c(=O)sc2cc(NC(=O)COc3ccc(C)cc3)ccc21. The van der Waals surface area contributed by atoms with Gasteiger partial charge >= 0.3 is 4.87 Å². The van der Waals surface area contributed by atoms with Crippen LogP contribution in [0, 0.1) is 6.92 Å². The van der Waals surface area contributed by atoms with Gasteiger partial charge in [0.25, 0.3) is 5.91 Å². The molecule has 0 radical (unpaired) electrons. The minimum Gasteiger partial charge on any atom is -0.484 e. The van der Waals surface area contributed by atoms with Crippen molar-refractivity contribution < 1.29 is 9.53 Å². The van der Waals surface area contributed by atoms with Crippen molar-refractivity contribution in [3.05, 3.63) is 57.7 Å². The van der Waals surface area contributed by atoms with E-state index >= 15 is 0 Å². The highest BCUT2D eigenvalue weighted by molar-refractivity contribution is 7.16. The Kier molecular flexibility index (Phi) is 4.66. The molecule has 0 aliphatic carbocycles. The van der Waals surface area contributed by atoms with Crippen LogP contribution in [0.25, 0.3) is 10.2 Å². The normalized spacial score (nSPS) is 10.8. The van der Waals surface area contributed by atoms with Crippen molar-refractivity contribution in [3.63, 3.8) is 0 Å². The summed E-state index contributed by atoms with van der Waals surface area (Å²) in [5, 5.41) is 2.79. The Bertz CT molecular complexity index is 926. The van der Waals surface area contributed by atoms with Gasteiger partial charge in [-0.3, -0.25) is 14.2 Å². The lowest BCUT2D eigenvalue weighted by Gasteiger charge is -2.08. The summed E-state index contributed by atoms with van der Waals surface area (Å²) in [5.74, 6) is 0.418. The van der Waals surface area contributed by atoms with Gasteiger partial charge in [-0.05, 0) is 44.2 Å². The van der Waals surface area contributed by atoms with Crippen LogP contribution < -0.4 is 14.9 Å². The fraction of sp³-hybridized carbons (Fsp3) is 0.222. The number of rotatable bonds is 5. The van der Waals surface area contributed by atoms with Crippen molar-refractivity contribution in [1.82, 2.24) is 4.57 Å². The summed E-state index contributed by atoms with van der Waals surface area (Å²) in [7, 11) is 0. The average Bonchev–Trinajstić information content (AvgIpc) is 2.88. The lowest BCUT2D eigenvalue weighted by atomic mass is 10.2. The van der Waals surface area contributed by atoms with Crippen LogP contribution in [0.2, 0.25) is 0 Å². The third-order valence-electron chi connectivity index (χ3n) is 3.66. The van der Waals surface area contributed by atoms with E-state index in [1.54, 1.807) is 10.6 Å². The molecule has 24 heavy (non-hydrogen) atoms. The zero-order chi connectivity index (χ0) is 17.1. The molecule has 0 fully saturated rings. The number of hydrogen-bond acceptors (Lipinski definition) is 4. The molecule has 0 aliphatic heterocycles. The van der Waals surface area contributed by atoms with Crippen LogP contribution in [0.3, 0.4) is 0 Å². The van der Waals surface area contributed by atoms with Crippen molar-refractivity contribution in [1.29, 1.82) is 0 Å². The van der Waals surface area contributed by atoms with Crippen LogP contribution >= 0.6 is 11.3 Å². The fourth-order valence-corrected chi connectivity index (χ4v) is 3.42. The van der Waals surface area contributed by atoms with Gasteiger partial charge in [0, 0.05) is 12.2 Å². The maximum absolute atomic E-state index is 12.0. The van der Waals surface area contributed by atoms with E-state index in [1.807, 2.05) is 50.2 Å². The molecule has 0 bridgehead atoms. The second kappa shape index (κ2) is 6.88. The lowest BCUT2D eigenvalue weighted by Crippen LogP contribution is -2.20. The van der Waals surface area contributed by atoms with E-state index in [4.69, 9.17) is 4.74 Å². The van der Waals surface area contributed by atoms with Gasteiger partial charge in [-0.1, -0.05) is 29.0 Å². The first-order valence-electron chi connectivity index (χ1n) is 7.69. The minimum absolute atomic E-state index is 0.0127. The van der Waals surface area contributed by atoms with E-state index in [0.717, 1.165) is 15.8 Å². The highest BCUT2D eigenvalue weighted by atomic mass is 32.1. The number of aryl methyl sites for hydroxylation is 2. The Morgan fingerprint density at radius 2 is 1.96 bits per heavy atom. The van der Waals surface area contributed by atoms with Gasteiger partial charge in [0.05, 0.1) is 10.2 Å². The van der Waals surface area contributed by atoms with Crippen LogP contribution in [-0.2, 0) is 11.3 Å². The quantitative estimate of drug-likeness (QED) is 0.773. The minimum atomic E-state index is -0.239. The van der Waals surface area contributed by atoms with Crippen molar-refractivity contribution in [3.8, 4) is 5.75 Å². The Morgan fingerprint density at radius 1 is 1.21 bits per heavy atom. The van der Waals surface area contributed by atoms with Crippen molar-refractivity contribution >= 4 is 33.1 Å². The number of ether oxygens (including phenoxy) is 1. The predicted octanol–water partition coefficient (Wildman–Crippen LogP) is 3.41. The van der Waals surface area contributed by atoms with Gasteiger partial charge in [-0.15, -0.1) is 0 Å². The monoisotopic (exact) mass is 342 g/mol. The third kappa shape index (κ3) is 3.49. The fourth-order valence-electron chi connectivity index (χ4n) is 2.42. The van der Waals surface area contributed by atoms with Gasteiger partial charge in [0.1, 0.15) is 5.75 Å². The number of fused-ring (bicyclic) bond motifs is 1. The molecule has 0 atom stereocenters. The smallest absolute Gasteiger partial charge is 0.308 e. The Morgan fingerprint density at radius 3 is 2.67 bits per heavy atom. The Labute approximate surface area is 143 Å². The van der Waals surface area contributed by atoms with E-state index in [-0.39, 0.29) is 17.4 Å². The molecule has 5 nitrogen and oxygen atoms in total. The van der Waals surface area contributed by atoms with Gasteiger partial charge in [0.15, 0.2) is 6.61 Å². The molecule has 0 aliphatic rings. The first-order chi connectivity index (χ1) is 11.6. The standard InChI is InChI=1S/C18H18N2O3S/c1-3-20-15-9-6-13(10-16(15)24-18(20)22)19-17(21)11-23-14-7-4-12(2)5-8-14/h4-10H,3,11H2,1-2H3,(H,19,21). The average molecular weight is 342 g/mol. The molecule has 1 N–H and O–H groups in total. The number of nitrogens with zero attached hydrogens (tertiary/aromatic N) is 1. The molecule has 124 valence electrons. The Hall–Kier alpha value is -2.60. The summed E-state index contributed by atoms with van der Waals surface area (Å²) in [4.78, 5) is 23.9. The molecule has 1 aromatic heterocycles. The number of aromatic nitrogens is 1. The maximum atomic E-state index is 12.0. The summed E-state index contributed by atoms with van der Waals surface area (Å²) in [6.07, 6.45) is 0. The number of carbonyl (C=O) groups is 1. The summed E-state index contributed by atoms with van der Waals surface area (Å²) < 4.78 is 8.03. The lowest BCUT2D eigenvalue weighted by molar-refractivity contribution is -0.118. The topological polar surface area (TPSA) is 60.3 Å². The predicted molar refractivity (Wildman–Crippen MR) is 97.1 cm³/mol. The molecule has 0 saturated heterocycles. The number of anilines is 1. The summed E-state index contributed by atoms with van der Waals surface area (Å²) in [5.41, 5.74) is 2.68. The summed E-state index contributed by atoms with van der Waals surface area (Å²) in [6, 6.07) is 13.0. The molecule has 0 spiro atoms. The van der Waals surface area contributed by atoms with Crippen LogP contribution in [0.15, 0.2) is 47.3 Å². The zero-order valence-corrected chi connectivity index (χ0v) is 14.4. The van der Waals surface area contributed by atoms with E-state index in [0.29, 0.717) is 18.0 Å². The van der Waals surface area contributed by atoms with Crippen LogP contribution in [0.1, 0.15) is 12.5 Å². The highest BCUT2D eigenvalue weighted by Gasteiger charge is 2.09. The van der Waals surface area contributed by atoms with Gasteiger partial charge in [-0.2, -0.15) is 0 Å². The van der Waals surface area contributed by atoms with Crippen molar-refractivity contribution in [2.75, 3.05) is 11.9 Å². The highest BCUT2D eigenvalue weighted by Crippen LogP contribution is 2.22. The number of amides is 1. The Balaban J connectivity index is 1.66. The number of nitrogens with one attached hydrogen (secondary N) is 1. The molecule has 2 aromatic carbocycles. The van der Waals surface area contributed by atoms with E-state index in [1.165, 1.54) is 11.3 Å². The second-order valence-corrected chi connectivity index (χ2v) is 6.44. The molecular formula is C18H18N2O3S. The molecule has 3 rings (SSSR count). The molecule has 1 amide bonds. The maximum Gasteiger partial charge on any atom is 0.308 e. The van der Waals surface area contributed by atoms with Gasteiger partial charge in [0.2, 0.25) is 0 Å². The molecule has 6 heteroatoms. The third-order valence-corrected chi connectivity index (χ3v) is 4.60. The first kappa shape index (κ1) is 16.3.